The molecule has 0 saturated carbocycles. The third-order valence-electron chi connectivity index (χ3n) is 4.29. The van der Waals surface area contributed by atoms with Gasteiger partial charge in [-0.1, -0.05) is 13.8 Å². The van der Waals surface area contributed by atoms with Gasteiger partial charge in [0.1, 0.15) is 6.79 Å². The summed E-state index contributed by atoms with van der Waals surface area (Å²) in [6, 6.07) is 0. The van der Waals surface area contributed by atoms with E-state index in [1.807, 2.05) is 34.5 Å². The lowest BCUT2D eigenvalue weighted by atomic mass is 10.0. The van der Waals surface area contributed by atoms with Crippen LogP contribution in [0.3, 0.4) is 0 Å². The van der Waals surface area contributed by atoms with Crippen molar-refractivity contribution in [2.24, 2.45) is 5.73 Å². The van der Waals surface area contributed by atoms with E-state index in [0.29, 0.717) is 18.5 Å². The van der Waals surface area contributed by atoms with Gasteiger partial charge in [0.2, 0.25) is 0 Å². The maximum absolute atomic E-state index is 14.0. The topological polar surface area (TPSA) is 83.6 Å². The van der Waals surface area contributed by atoms with Gasteiger partial charge >= 0.3 is 5.97 Å². The quantitative estimate of drug-likeness (QED) is 0.719. The van der Waals surface area contributed by atoms with E-state index < -0.39 is 41.2 Å². The Labute approximate surface area is 152 Å². The second-order valence-electron chi connectivity index (χ2n) is 6.19. The van der Waals surface area contributed by atoms with Crippen molar-refractivity contribution in [3.8, 4) is 0 Å². The van der Waals surface area contributed by atoms with Crippen LogP contribution in [-0.4, -0.2) is 34.8 Å². The van der Waals surface area contributed by atoms with Gasteiger partial charge in [-0.15, -0.1) is 0 Å². The Balaban J connectivity index is 0.00000146. The van der Waals surface area contributed by atoms with E-state index in [9.17, 15) is 23.1 Å². The number of allylic oxidation sites excluding steroid dienone is 4. The highest BCUT2D eigenvalue weighted by Gasteiger charge is 2.39. The Hall–Kier alpha value is -2.25. The number of fused-ring (bicyclic) bond motifs is 1. The minimum Gasteiger partial charge on any atom is -0.478 e. The number of carboxylic acid groups (broad SMARTS) is 1. The maximum Gasteiger partial charge on any atom is 0.333 e. The van der Waals surface area contributed by atoms with Crippen LogP contribution in [0.25, 0.3) is 0 Å². The summed E-state index contributed by atoms with van der Waals surface area (Å²) in [5, 5.41) is 9.39. The van der Waals surface area contributed by atoms with Crippen LogP contribution in [-0.2, 0) is 9.59 Å². The van der Waals surface area contributed by atoms with Gasteiger partial charge in [0.05, 0.1) is 12.1 Å². The van der Waals surface area contributed by atoms with E-state index >= 15 is 0 Å². The number of carbonyl (C=O) groups is 2. The fraction of sp³-hybridized carbons (Fsp3) is 0.556. The molecule has 1 fully saturated rings. The zero-order valence-electron chi connectivity index (χ0n) is 15.7. The molecule has 3 N–H and O–H groups in total. The first-order valence-corrected chi connectivity index (χ1v) is 8.35. The average Bonchev–Trinajstić information content (AvgIpc) is 2.91. The van der Waals surface area contributed by atoms with Crippen molar-refractivity contribution >= 4 is 12.8 Å². The van der Waals surface area contributed by atoms with Crippen molar-refractivity contribution in [2.45, 2.75) is 58.9 Å². The summed E-state index contributed by atoms with van der Waals surface area (Å²) in [5.41, 5.74) is 4.95. The number of halogens is 3. The Morgan fingerprint density at radius 3 is 2.15 bits per heavy atom. The Morgan fingerprint density at radius 2 is 1.65 bits per heavy atom. The van der Waals surface area contributed by atoms with Crippen LogP contribution in [0.5, 0.6) is 0 Å². The minimum absolute atomic E-state index is 0.0224. The molecule has 5 nitrogen and oxygen atoms in total. The smallest absolute Gasteiger partial charge is 0.333 e. The highest BCUT2D eigenvalue weighted by atomic mass is 19.2. The van der Waals surface area contributed by atoms with Crippen LogP contribution in [0, 0.1) is 0 Å². The lowest BCUT2D eigenvalue weighted by Gasteiger charge is -2.35. The summed E-state index contributed by atoms with van der Waals surface area (Å²) in [7, 11) is 0. The molecule has 0 radical (unpaired) electrons. The van der Waals surface area contributed by atoms with Crippen molar-refractivity contribution in [1.82, 2.24) is 4.90 Å². The Morgan fingerprint density at radius 1 is 1.12 bits per heavy atom. The maximum atomic E-state index is 14.0. The summed E-state index contributed by atoms with van der Waals surface area (Å²) in [4.78, 5) is 21.0. The van der Waals surface area contributed by atoms with Crippen LogP contribution >= 0.6 is 0 Å². The van der Waals surface area contributed by atoms with Crippen LogP contribution in [0.15, 0.2) is 34.4 Å². The normalized spacial score (nSPS) is 28.2. The van der Waals surface area contributed by atoms with Gasteiger partial charge in [-0.25, -0.2) is 18.0 Å². The fourth-order valence-corrected chi connectivity index (χ4v) is 2.90. The number of carboxylic acids is 1. The molecule has 0 aromatic heterocycles. The Bertz CT molecular complexity index is 625. The number of rotatable bonds is 1. The number of nitrogens with two attached hydrogens (primary N) is 1. The van der Waals surface area contributed by atoms with Crippen molar-refractivity contribution in [2.75, 3.05) is 6.54 Å². The summed E-state index contributed by atoms with van der Waals surface area (Å²) in [6.45, 7) is 9.12. The number of carbonyl (C=O) groups excluding carboxylic acids is 1. The second-order valence-corrected chi connectivity index (χ2v) is 6.19. The van der Waals surface area contributed by atoms with Crippen molar-refractivity contribution in [3.63, 3.8) is 0 Å². The largest absolute Gasteiger partial charge is 0.478 e. The van der Waals surface area contributed by atoms with Gasteiger partial charge in [-0.2, -0.15) is 0 Å². The molecule has 0 unspecified atom stereocenters. The summed E-state index contributed by atoms with van der Waals surface area (Å²) < 4.78 is 41.5. The van der Waals surface area contributed by atoms with Crippen molar-refractivity contribution in [3.05, 3.63) is 34.4 Å². The molecule has 0 bridgehead atoms. The zero-order chi connectivity index (χ0) is 20.7. The standard InChI is InChI=1S/C15H19F3N2O2.C2H6.CH2O/c1-15(2)6-5-11-8(14(21)22)3-4-10(19)13(18)12(17)9(16)7-20(11)15;2*1-2/h3-7,19H2,1-2H3,(H,21,22);1-2H3;1H2/b11-8+,12-9-,13-10-;;. The molecule has 148 valence electrons. The van der Waals surface area contributed by atoms with E-state index in [-0.39, 0.29) is 18.4 Å². The molecule has 8 heteroatoms. The van der Waals surface area contributed by atoms with Crippen LogP contribution in [0.1, 0.15) is 53.4 Å². The first-order chi connectivity index (χ1) is 12.1. The average molecular weight is 376 g/mol. The van der Waals surface area contributed by atoms with Gasteiger partial charge in [-0.05, 0) is 39.5 Å². The predicted octanol–water partition coefficient (Wildman–Crippen LogP) is 4.13. The van der Waals surface area contributed by atoms with E-state index in [4.69, 9.17) is 10.5 Å². The molecule has 0 amide bonds. The van der Waals surface area contributed by atoms with Crippen molar-refractivity contribution in [1.29, 1.82) is 0 Å². The van der Waals surface area contributed by atoms with Crippen LogP contribution < -0.4 is 5.73 Å². The number of nitrogens with zero attached hydrogens (tertiary/aromatic N) is 1. The molecule has 1 saturated heterocycles. The third-order valence-corrected chi connectivity index (χ3v) is 4.29. The molecule has 0 atom stereocenters. The van der Waals surface area contributed by atoms with E-state index in [1.54, 1.807) is 0 Å². The third kappa shape index (κ3) is 5.12. The lowest BCUT2D eigenvalue weighted by molar-refractivity contribution is -0.133. The van der Waals surface area contributed by atoms with Gasteiger partial charge in [0.25, 0.3) is 0 Å². The van der Waals surface area contributed by atoms with E-state index in [0.717, 1.165) is 0 Å². The molecule has 2 aliphatic heterocycles. The van der Waals surface area contributed by atoms with E-state index in [1.165, 1.54) is 4.90 Å². The molecule has 2 rings (SSSR count). The van der Waals surface area contributed by atoms with E-state index in [2.05, 4.69) is 0 Å². The minimum atomic E-state index is -1.60. The van der Waals surface area contributed by atoms with Crippen LogP contribution in [0.4, 0.5) is 13.2 Å². The lowest BCUT2D eigenvalue weighted by Crippen LogP contribution is -2.39. The molecule has 0 aliphatic carbocycles. The second kappa shape index (κ2) is 10.0. The number of aliphatic carboxylic acids is 1. The molecule has 0 spiro atoms. The van der Waals surface area contributed by atoms with Gasteiger partial charge in [0.15, 0.2) is 17.5 Å². The first kappa shape index (κ1) is 23.8. The molecular weight excluding hydrogens is 349 g/mol. The molecule has 26 heavy (non-hydrogen) atoms. The highest BCUT2D eigenvalue weighted by molar-refractivity contribution is 5.87. The van der Waals surface area contributed by atoms with Gasteiger partial charge < -0.3 is 20.5 Å². The fourth-order valence-electron chi connectivity index (χ4n) is 2.90. The highest BCUT2D eigenvalue weighted by Crippen LogP contribution is 2.40. The SMILES string of the molecule is C=O.CC.CC1(C)CC/C2=C(\C(=O)O)CC/C(N)=C(F)\C(F)=C(\F)CN21. The predicted molar refractivity (Wildman–Crippen MR) is 93.9 cm³/mol. The van der Waals surface area contributed by atoms with Gasteiger partial charge in [-0.3, -0.25) is 0 Å². The molecule has 0 aromatic rings. The summed E-state index contributed by atoms with van der Waals surface area (Å²) in [6.07, 6.45) is 0.867. The number of hydrogen-bond acceptors (Lipinski definition) is 4. The number of hydrogen-bond donors (Lipinski definition) is 2. The first-order valence-electron chi connectivity index (χ1n) is 8.35. The molecule has 0 aromatic carbocycles. The summed E-state index contributed by atoms with van der Waals surface area (Å²) >= 11 is 0. The molecule has 2 aliphatic rings. The molecule has 2 heterocycles. The van der Waals surface area contributed by atoms with Gasteiger partial charge in [0, 0.05) is 16.9 Å². The monoisotopic (exact) mass is 376 g/mol. The summed E-state index contributed by atoms with van der Waals surface area (Å²) in [5.74, 6) is -5.46. The van der Waals surface area contributed by atoms with Crippen LogP contribution in [0.2, 0.25) is 0 Å². The zero-order valence-corrected chi connectivity index (χ0v) is 15.7. The molecular formula is C18H27F3N2O3. The van der Waals surface area contributed by atoms with Crippen molar-refractivity contribution < 1.29 is 27.9 Å². The Kier molecular flexibility index (Phi) is 9.17.